The van der Waals surface area contributed by atoms with E-state index in [1.807, 2.05) is 62.4 Å². The van der Waals surface area contributed by atoms with Crippen molar-refractivity contribution in [1.82, 2.24) is 9.97 Å². The highest BCUT2D eigenvalue weighted by Crippen LogP contribution is 2.17. The van der Waals surface area contributed by atoms with E-state index in [-0.39, 0.29) is 0 Å². The Morgan fingerprint density at radius 1 is 0.920 bits per heavy atom. The van der Waals surface area contributed by atoms with Gasteiger partial charge in [-0.3, -0.25) is 0 Å². The van der Waals surface area contributed by atoms with Gasteiger partial charge in [0.2, 0.25) is 5.95 Å². The van der Waals surface area contributed by atoms with Gasteiger partial charge in [0.05, 0.1) is 6.10 Å². The van der Waals surface area contributed by atoms with E-state index in [4.69, 9.17) is 0 Å². The van der Waals surface area contributed by atoms with Crippen LogP contribution in [0, 0.1) is 13.8 Å². The minimum atomic E-state index is -0.593. The molecule has 1 aromatic heterocycles. The first-order valence-electron chi connectivity index (χ1n) is 8.25. The van der Waals surface area contributed by atoms with E-state index in [1.54, 1.807) is 12.3 Å². The maximum Gasteiger partial charge on any atom is 0.229 e. The van der Waals surface area contributed by atoms with E-state index in [0.29, 0.717) is 18.3 Å². The lowest BCUT2D eigenvalue weighted by molar-refractivity contribution is 0.191. The first-order chi connectivity index (χ1) is 12.1. The minimum Gasteiger partial charge on any atom is -0.387 e. The van der Waals surface area contributed by atoms with Crippen LogP contribution in [0.1, 0.15) is 22.8 Å². The molecule has 0 aliphatic carbocycles. The van der Waals surface area contributed by atoms with Crippen molar-refractivity contribution in [3.63, 3.8) is 0 Å². The van der Waals surface area contributed by atoms with Gasteiger partial charge in [-0.25, -0.2) is 4.98 Å². The number of aromatic nitrogens is 2. The molecule has 0 saturated carbocycles. The lowest BCUT2D eigenvalue weighted by atomic mass is 10.1. The van der Waals surface area contributed by atoms with Crippen LogP contribution in [0.5, 0.6) is 0 Å². The number of benzene rings is 2. The van der Waals surface area contributed by atoms with Crippen LogP contribution in [0.3, 0.4) is 0 Å². The van der Waals surface area contributed by atoms with Crippen LogP contribution < -0.4 is 10.6 Å². The first kappa shape index (κ1) is 16.9. The fourth-order valence-corrected chi connectivity index (χ4v) is 2.39. The van der Waals surface area contributed by atoms with Crippen molar-refractivity contribution >= 4 is 17.5 Å². The molecule has 1 atom stereocenters. The van der Waals surface area contributed by atoms with E-state index in [0.717, 1.165) is 11.3 Å². The van der Waals surface area contributed by atoms with Crippen LogP contribution >= 0.6 is 0 Å². The third-order valence-corrected chi connectivity index (χ3v) is 3.90. The average Bonchev–Trinajstić information content (AvgIpc) is 2.63. The van der Waals surface area contributed by atoms with Gasteiger partial charge in [0.25, 0.3) is 0 Å². The van der Waals surface area contributed by atoms with Gasteiger partial charge in [-0.1, -0.05) is 47.5 Å². The zero-order chi connectivity index (χ0) is 17.6. The number of hydrogen-bond acceptors (Lipinski definition) is 5. The highest BCUT2D eigenvalue weighted by atomic mass is 16.3. The summed E-state index contributed by atoms with van der Waals surface area (Å²) in [6.45, 7) is 4.45. The first-order valence-corrected chi connectivity index (χ1v) is 8.25. The molecule has 1 heterocycles. The second-order valence-electron chi connectivity index (χ2n) is 6.06. The number of nitrogens with one attached hydrogen (secondary N) is 2. The van der Waals surface area contributed by atoms with Crippen molar-refractivity contribution in [1.29, 1.82) is 0 Å². The van der Waals surface area contributed by atoms with Crippen molar-refractivity contribution in [2.45, 2.75) is 20.0 Å². The number of aryl methyl sites for hydroxylation is 2. The van der Waals surface area contributed by atoms with E-state index < -0.39 is 6.10 Å². The van der Waals surface area contributed by atoms with Crippen molar-refractivity contribution in [3.8, 4) is 0 Å². The second-order valence-corrected chi connectivity index (χ2v) is 6.06. The Morgan fingerprint density at radius 2 is 1.56 bits per heavy atom. The Balaban J connectivity index is 1.61. The summed E-state index contributed by atoms with van der Waals surface area (Å²) in [7, 11) is 0. The Labute approximate surface area is 147 Å². The van der Waals surface area contributed by atoms with Gasteiger partial charge in [-0.15, -0.1) is 0 Å². The molecule has 2 aromatic carbocycles. The monoisotopic (exact) mass is 334 g/mol. The summed E-state index contributed by atoms with van der Waals surface area (Å²) in [5.41, 5.74) is 4.19. The number of nitrogens with zero attached hydrogens (tertiary/aromatic N) is 2. The molecule has 3 rings (SSSR count). The Bertz CT molecular complexity index is 816. The molecule has 0 aliphatic rings. The summed E-state index contributed by atoms with van der Waals surface area (Å²) >= 11 is 0. The molecule has 0 amide bonds. The average molecular weight is 334 g/mol. The number of aliphatic hydroxyl groups is 1. The molecule has 0 fully saturated rings. The number of aliphatic hydroxyl groups excluding tert-OH is 1. The van der Waals surface area contributed by atoms with Crippen molar-refractivity contribution in [2.24, 2.45) is 0 Å². The van der Waals surface area contributed by atoms with Crippen molar-refractivity contribution in [3.05, 3.63) is 77.5 Å². The molecule has 128 valence electrons. The largest absolute Gasteiger partial charge is 0.387 e. The van der Waals surface area contributed by atoms with Crippen LogP contribution in [0.25, 0.3) is 0 Å². The molecule has 3 N–H and O–H groups in total. The molecule has 3 aromatic rings. The summed E-state index contributed by atoms with van der Waals surface area (Å²) in [6, 6.07) is 17.7. The molecule has 0 spiro atoms. The lowest BCUT2D eigenvalue weighted by Crippen LogP contribution is -2.13. The second kappa shape index (κ2) is 7.77. The van der Waals surface area contributed by atoms with Crippen LogP contribution in [-0.2, 0) is 0 Å². The summed E-state index contributed by atoms with van der Waals surface area (Å²) in [5.74, 6) is 1.18. The minimum absolute atomic E-state index is 0.379. The third kappa shape index (κ3) is 4.78. The topological polar surface area (TPSA) is 70.1 Å². The van der Waals surface area contributed by atoms with Crippen LogP contribution in [0.2, 0.25) is 0 Å². The summed E-state index contributed by atoms with van der Waals surface area (Å²) in [4.78, 5) is 8.65. The number of hydrogen-bond donors (Lipinski definition) is 3. The molecule has 0 aliphatic heterocycles. The van der Waals surface area contributed by atoms with E-state index in [2.05, 4.69) is 20.6 Å². The molecule has 5 nitrogen and oxygen atoms in total. The fourth-order valence-electron chi connectivity index (χ4n) is 2.39. The normalized spacial score (nSPS) is 11.8. The molecule has 1 unspecified atom stereocenters. The predicted molar refractivity (Wildman–Crippen MR) is 101 cm³/mol. The van der Waals surface area contributed by atoms with Crippen LogP contribution in [0.15, 0.2) is 60.8 Å². The van der Waals surface area contributed by atoms with Gasteiger partial charge >= 0.3 is 0 Å². The highest BCUT2D eigenvalue weighted by Gasteiger charge is 2.08. The summed E-state index contributed by atoms with van der Waals surface area (Å²) < 4.78 is 0. The molecule has 0 bridgehead atoms. The summed E-state index contributed by atoms with van der Waals surface area (Å²) in [6.07, 6.45) is 1.09. The molecule has 5 heteroatoms. The molecular weight excluding hydrogens is 312 g/mol. The van der Waals surface area contributed by atoms with Gasteiger partial charge in [0, 0.05) is 18.4 Å². The molecule has 0 saturated heterocycles. The zero-order valence-corrected chi connectivity index (χ0v) is 14.4. The molecular formula is C20H22N4O. The molecule has 25 heavy (non-hydrogen) atoms. The maximum absolute atomic E-state index is 10.3. The Morgan fingerprint density at radius 3 is 2.24 bits per heavy atom. The number of anilines is 3. The smallest absolute Gasteiger partial charge is 0.229 e. The quantitative estimate of drug-likeness (QED) is 0.636. The zero-order valence-electron chi connectivity index (χ0n) is 14.4. The Hall–Kier alpha value is -2.92. The fraction of sp³-hybridized carbons (Fsp3) is 0.200. The SMILES string of the molecule is Cc1ccc(Nc2nccc(NCC(O)c3ccc(C)cc3)n2)cc1. The Kier molecular flexibility index (Phi) is 5.26. The third-order valence-electron chi connectivity index (χ3n) is 3.90. The van der Waals surface area contributed by atoms with Crippen LogP contribution in [-0.4, -0.2) is 21.6 Å². The van der Waals surface area contributed by atoms with Gasteiger partial charge in [-0.2, -0.15) is 4.98 Å². The van der Waals surface area contributed by atoms with Crippen molar-refractivity contribution < 1.29 is 5.11 Å². The van der Waals surface area contributed by atoms with Gasteiger partial charge in [-0.05, 0) is 37.6 Å². The standard InChI is InChI=1S/C20H22N4O/c1-14-3-7-16(8-4-14)18(25)13-22-19-11-12-21-20(24-19)23-17-9-5-15(2)6-10-17/h3-12,18,25H,13H2,1-2H3,(H2,21,22,23,24). The van der Waals surface area contributed by atoms with E-state index in [9.17, 15) is 5.11 Å². The molecule has 0 radical (unpaired) electrons. The highest BCUT2D eigenvalue weighted by molar-refractivity contribution is 5.55. The maximum atomic E-state index is 10.3. The number of rotatable bonds is 6. The predicted octanol–water partition coefficient (Wildman–Crippen LogP) is 3.98. The summed E-state index contributed by atoms with van der Waals surface area (Å²) in [5, 5.41) is 16.6. The van der Waals surface area contributed by atoms with Crippen molar-refractivity contribution in [2.75, 3.05) is 17.2 Å². The van der Waals surface area contributed by atoms with E-state index >= 15 is 0 Å². The van der Waals surface area contributed by atoms with E-state index in [1.165, 1.54) is 11.1 Å². The van der Waals surface area contributed by atoms with Crippen LogP contribution in [0.4, 0.5) is 17.5 Å². The van der Waals surface area contributed by atoms with Gasteiger partial charge in [0.1, 0.15) is 5.82 Å². The van der Waals surface area contributed by atoms with Gasteiger partial charge < -0.3 is 15.7 Å². The van der Waals surface area contributed by atoms with Gasteiger partial charge in [0.15, 0.2) is 0 Å². The lowest BCUT2D eigenvalue weighted by Gasteiger charge is -2.13.